The lowest BCUT2D eigenvalue weighted by Gasteiger charge is -2.27. The van der Waals surface area contributed by atoms with Gasteiger partial charge < -0.3 is 11.5 Å². The van der Waals surface area contributed by atoms with E-state index in [1.165, 1.54) is 12.8 Å². The predicted molar refractivity (Wildman–Crippen MR) is 76.8 cm³/mol. The van der Waals surface area contributed by atoms with Crippen molar-refractivity contribution in [2.75, 3.05) is 6.54 Å². The highest BCUT2D eigenvalue weighted by molar-refractivity contribution is 5.92. The Morgan fingerprint density at radius 3 is 2.20 bits per heavy atom. The number of carbonyl (C=O) groups excluding carboxylic acids is 2. The lowest BCUT2D eigenvalue weighted by atomic mass is 10.1. The van der Waals surface area contributed by atoms with Gasteiger partial charge in [0.1, 0.15) is 0 Å². The summed E-state index contributed by atoms with van der Waals surface area (Å²) < 4.78 is 0. The van der Waals surface area contributed by atoms with Crippen molar-refractivity contribution in [3.8, 4) is 0 Å². The van der Waals surface area contributed by atoms with Gasteiger partial charge in [0.05, 0.1) is 6.54 Å². The fourth-order valence-electron chi connectivity index (χ4n) is 2.79. The van der Waals surface area contributed by atoms with E-state index in [2.05, 4.69) is 4.90 Å². The number of amides is 2. The van der Waals surface area contributed by atoms with E-state index in [0.29, 0.717) is 18.2 Å². The molecule has 1 aliphatic carbocycles. The van der Waals surface area contributed by atoms with Crippen molar-refractivity contribution in [3.63, 3.8) is 0 Å². The summed E-state index contributed by atoms with van der Waals surface area (Å²) in [5.74, 6) is -0.730. The summed E-state index contributed by atoms with van der Waals surface area (Å²) in [5.41, 5.74) is 12.1. The molecule has 0 heterocycles. The number of carbonyl (C=O) groups is 2. The second kappa shape index (κ2) is 6.52. The Morgan fingerprint density at radius 2 is 1.70 bits per heavy atom. The summed E-state index contributed by atoms with van der Waals surface area (Å²) in [6.45, 7) is 0.953. The first-order chi connectivity index (χ1) is 9.56. The molecule has 20 heavy (non-hydrogen) atoms. The van der Waals surface area contributed by atoms with E-state index in [4.69, 9.17) is 11.5 Å². The molecule has 0 saturated heterocycles. The number of primary amides is 2. The van der Waals surface area contributed by atoms with Crippen LogP contribution in [-0.4, -0.2) is 29.3 Å². The van der Waals surface area contributed by atoms with E-state index in [9.17, 15) is 9.59 Å². The van der Waals surface area contributed by atoms with Crippen molar-refractivity contribution < 1.29 is 9.59 Å². The highest BCUT2D eigenvalue weighted by atomic mass is 16.1. The first kappa shape index (κ1) is 14.5. The Kier molecular flexibility index (Phi) is 4.74. The van der Waals surface area contributed by atoms with Crippen molar-refractivity contribution in [3.05, 3.63) is 35.4 Å². The fraction of sp³-hybridized carbons (Fsp3) is 0.467. The molecule has 1 fully saturated rings. The standard InChI is InChI=1S/C15H21N3O2/c16-14(19)10-18(13-3-1-2-4-13)9-11-5-7-12(8-6-11)15(17)20/h5-8,13H,1-4,9-10H2,(H2,16,19)(H2,17,20). The van der Waals surface area contributed by atoms with Crippen molar-refractivity contribution in [1.82, 2.24) is 4.90 Å². The second-order valence-corrected chi connectivity index (χ2v) is 5.37. The average molecular weight is 275 g/mol. The Balaban J connectivity index is 2.06. The van der Waals surface area contributed by atoms with Gasteiger partial charge in [-0.25, -0.2) is 0 Å². The highest BCUT2D eigenvalue weighted by Crippen LogP contribution is 2.24. The SMILES string of the molecule is NC(=O)CN(Cc1ccc(C(N)=O)cc1)C1CCCC1. The number of nitrogens with zero attached hydrogens (tertiary/aromatic N) is 1. The molecule has 2 amide bonds. The molecular formula is C15H21N3O2. The van der Waals surface area contributed by atoms with Crippen molar-refractivity contribution in [2.24, 2.45) is 11.5 Å². The van der Waals surface area contributed by atoms with Gasteiger partial charge in [0.2, 0.25) is 11.8 Å². The molecular weight excluding hydrogens is 254 g/mol. The van der Waals surface area contributed by atoms with Crippen molar-refractivity contribution in [2.45, 2.75) is 38.3 Å². The van der Waals surface area contributed by atoms with Crippen LogP contribution < -0.4 is 11.5 Å². The van der Waals surface area contributed by atoms with Crippen molar-refractivity contribution in [1.29, 1.82) is 0 Å². The van der Waals surface area contributed by atoms with Gasteiger partial charge >= 0.3 is 0 Å². The van der Waals surface area contributed by atoms with E-state index in [1.807, 2.05) is 12.1 Å². The van der Waals surface area contributed by atoms with Gasteiger partial charge in [-0.1, -0.05) is 25.0 Å². The van der Waals surface area contributed by atoms with Gasteiger partial charge in [0.25, 0.3) is 0 Å². The Hall–Kier alpha value is -1.88. The molecule has 4 N–H and O–H groups in total. The molecule has 108 valence electrons. The van der Waals surface area contributed by atoms with Gasteiger partial charge in [0, 0.05) is 18.2 Å². The first-order valence-corrected chi connectivity index (χ1v) is 6.97. The summed E-state index contributed by atoms with van der Waals surface area (Å²) >= 11 is 0. The number of nitrogens with two attached hydrogens (primary N) is 2. The molecule has 0 aliphatic heterocycles. The maximum Gasteiger partial charge on any atom is 0.248 e. The largest absolute Gasteiger partial charge is 0.369 e. The Morgan fingerprint density at radius 1 is 1.10 bits per heavy atom. The molecule has 0 bridgehead atoms. The second-order valence-electron chi connectivity index (χ2n) is 5.37. The van der Waals surface area contributed by atoms with Gasteiger partial charge in [-0.3, -0.25) is 14.5 Å². The summed E-state index contributed by atoms with van der Waals surface area (Å²) in [5, 5.41) is 0. The zero-order valence-electron chi connectivity index (χ0n) is 11.5. The topological polar surface area (TPSA) is 89.4 Å². The summed E-state index contributed by atoms with van der Waals surface area (Å²) in [7, 11) is 0. The zero-order chi connectivity index (χ0) is 14.5. The number of benzene rings is 1. The third kappa shape index (κ3) is 3.81. The van der Waals surface area contributed by atoms with Crippen LogP contribution in [0.25, 0.3) is 0 Å². The van der Waals surface area contributed by atoms with Gasteiger partial charge in [-0.15, -0.1) is 0 Å². The molecule has 2 rings (SSSR count). The Bertz CT molecular complexity index is 478. The third-order valence-corrected chi connectivity index (χ3v) is 3.82. The maximum absolute atomic E-state index is 11.2. The molecule has 1 aromatic rings. The van der Waals surface area contributed by atoms with Crippen molar-refractivity contribution >= 4 is 11.8 Å². The van der Waals surface area contributed by atoms with E-state index in [1.54, 1.807) is 12.1 Å². The minimum absolute atomic E-state index is 0.280. The molecule has 0 spiro atoms. The zero-order valence-corrected chi connectivity index (χ0v) is 11.5. The van der Waals surface area contributed by atoms with Gasteiger partial charge in [-0.2, -0.15) is 0 Å². The quantitative estimate of drug-likeness (QED) is 0.812. The van der Waals surface area contributed by atoms with E-state index >= 15 is 0 Å². The maximum atomic E-state index is 11.2. The fourth-order valence-corrected chi connectivity index (χ4v) is 2.79. The molecule has 0 unspecified atom stereocenters. The van der Waals surface area contributed by atoms with E-state index in [-0.39, 0.29) is 12.5 Å². The molecule has 1 aliphatic rings. The third-order valence-electron chi connectivity index (χ3n) is 3.82. The molecule has 5 nitrogen and oxygen atoms in total. The lowest BCUT2D eigenvalue weighted by Crippen LogP contribution is -2.39. The average Bonchev–Trinajstić information content (AvgIpc) is 2.92. The first-order valence-electron chi connectivity index (χ1n) is 6.97. The van der Waals surface area contributed by atoms with Crippen LogP contribution in [0.4, 0.5) is 0 Å². The predicted octanol–water partition coefficient (Wildman–Crippen LogP) is 1.02. The van der Waals surface area contributed by atoms with E-state index < -0.39 is 5.91 Å². The molecule has 0 atom stereocenters. The van der Waals surface area contributed by atoms with Crippen LogP contribution in [0.5, 0.6) is 0 Å². The van der Waals surface area contributed by atoms with Gasteiger partial charge in [-0.05, 0) is 30.5 Å². The van der Waals surface area contributed by atoms with Crippen LogP contribution in [-0.2, 0) is 11.3 Å². The number of rotatable bonds is 6. The number of hydrogen-bond donors (Lipinski definition) is 2. The summed E-state index contributed by atoms with van der Waals surface area (Å²) in [6.07, 6.45) is 4.65. The monoisotopic (exact) mass is 275 g/mol. The summed E-state index contributed by atoms with van der Waals surface area (Å²) in [4.78, 5) is 24.4. The Labute approximate surface area is 118 Å². The molecule has 5 heteroatoms. The van der Waals surface area contributed by atoms with Crippen LogP contribution in [0, 0.1) is 0 Å². The molecule has 0 radical (unpaired) electrons. The lowest BCUT2D eigenvalue weighted by molar-refractivity contribution is -0.119. The highest BCUT2D eigenvalue weighted by Gasteiger charge is 2.23. The molecule has 1 aromatic carbocycles. The molecule has 0 aromatic heterocycles. The van der Waals surface area contributed by atoms with Crippen LogP contribution in [0.3, 0.4) is 0 Å². The number of hydrogen-bond acceptors (Lipinski definition) is 3. The van der Waals surface area contributed by atoms with Crippen LogP contribution in [0.1, 0.15) is 41.6 Å². The van der Waals surface area contributed by atoms with Gasteiger partial charge in [0.15, 0.2) is 0 Å². The minimum atomic E-state index is -0.429. The normalized spacial score (nSPS) is 15.7. The van der Waals surface area contributed by atoms with Crippen LogP contribution in [0.15, 0.2) is 24.3 Å². The van der Waals surface area contributed by atoms with Crippen LogP contribution in [0.2, 0.25) is 0 Å². The minimum Gasteiger partial charge on any atom is -0.369 e. The van der Waals surface area contributed by atoms with Crippen LogP contribution >= 0.6 is 0 Å². The smallest absolute Gasteiger partial charge is 0.248 e. The van der Waals surface area contributed by atoms with E-state index in [0.717, 1.165) is 18.4 Å². The molecule has 1 saturated carbocycles. The summed E-state index contributed by atoms with van der Waals surface area (Å²) in [6, 6.07) is 7.62.